The van der Waals surface area contributed by atoms with Gasteiger partial charge in [0.1, 0.15) is 5.82 Å². The molecule has 0 bridgehead atoms. The molecule has 0 saturated heterocycles. The number of nitrogens with zero attached hydrogens (tertiary/aromatic N) is 3. The van der Waals surface area contributed by atoms with Gasteiger partial charge in [0.25, 0.3) is 5.91 Å². The van der Waals surface area contributed by atoms with Crippen LogP contribution < -0.4 is 5.32 Å². The maximum absolute atomic E-state index is 12.4. The molecule has 1 amide bonds. The zero-order valence-electron chi connectivity index (χ0n) is 12.6. The summed E-state index contributed by atoms with van der Waals surface area (Å²) in [6, 6.07) is 5.80. The van der Waals surface area contributed by atoms with Crippen molar-refractivity contribution >= 4 is 11.7 Å². The van der Waals surface area contributed by atoms with Gasteiger partial charge in [-0.25, -0.2) is 4.68 Å². The standard InChI is InChI=1S/C16H20N4O/c1-10-9-15(20(19-10)12(3)13-6-7-13)18-16(21)14-5-4-8-17-11(14)2/h4-5,8-9,12-13H,6-7H2,1-3H3,(H,18,21). The Labute approximate surface area is 124 Å². The van der Waals surface area contributed by atoms with E-state index in [9.17, 15) is 4.79 Å². The highest BCUT2D eigenvalue weighted by Gasteiger charge is 2.31. The van der Waals surface area contributed by atoms with Crippen LogP contribution in [0.5, 0.6) is 0 Å². The van der Waals surface area contributed by atoms with Crippen molar-refractivity contribution in [1.82, 2.24) is 14.8 Å². The Kier molecular flexibility index (Phi) is 3.49. The molecule has 0 radical (unpaired) electrons. The maximum Gasteiger partial charge on any atom is 0.258 e. The quantitative estimate of drug-likeness (QED) is 0.938. The molecule has 1 unspecified atom stereocenters. The van der Waals surface area contributed by atoms with E-state index in [2.05, 4.69) is 22.3 Å². The summed E-state index contributed by atoms with van der Waals surface area (Å²) < 4.78 is 1.94. The van der Waals surface area contributed by atoms with Crippen LogP contribution >= 0.6 is 0 Å². The second-order valence-electron chi connectivity index (χ2n) is 5.78. The van der Waals surface area contributed by atoms with Gasteiger partial charge in [0.05, 0.1) is 17.3 Å². The Morgan fingerprint density at radius 2 is 2.19 bits per heavy atom. The molecule has 21 heavy (non-hydrogen) atoms. The molecular formula is C16H20N4O. The van der Waals surface area contributed by atoms with E-state index in [1.807, 2.05) is 24.6 Å². The minimum atomic E-state index is -0.134. The third-order valence-electron chi connectivity index (χ3n) is 4.04. The maximum atomic E-state index is 12.4. The van der Waals surface area contributed by atoms with Gasteiger partial charge in [-0.3, -0.25) is 9.78 Å². The summed E-state index contributed by atoms with van der Waals surface area (Å²) in [5, 5.41) is 7.50. The Hall–Kier alpha value is -2.17. The number of anilines is 1. The summed E-state index contributed by atoms with van der Waals surface area (Å²) >= 11 is 0. The lowest BCUT2D eigenvalue weighted by molar-refractivity contribution is 0.102. The molecule has 0 spiro atoms. The van der Waals surface area contributed by atoms with Gasteiger partial charge in [0.15, 0.2) is 0 Å². The Morgan fingerprint density at radius 3 is 2.86 bits per heavy atom. The molecule has 2 aromatic heterocycles. The van der Waals surface area contributed by atoms with Crippen molar-refractivity contribution < 1.29 is 4.79 Å². The van der Waals surface area contributed by atoms with Crippen molar-refractivity contribution in [2.75, 3.05) is 5.32 Å². The average molecular weight is 284 g/mol. The third kappa shape index (κ3) is 2.82. The van der Waals surface area contributed by atoms with Gasteiger partial charge < -0.3 is 5.32 Å². The summed E-state index contributed by atoms with van der Waals surface area (Å²) in [7, 11) is 0. The molecule has 5 heteroatoms. The SMILES string of the molecule is Cc1cc(NC(=O)c2cccnc2C)n(C(C)C2CC2)n1. The first-order valence-electron chi connectivity index (χ1n) is 7.35. The Balaban J connectivity index is 1.84. The molecule has 0 aromatic carbocycles. The molecule has 1 N–H and O–H groups in total. The summed E-state index contributed by atoms with van der Waals surface area (Å²) in [5.41, 5.74) is 2.25. The molecule has 5 nitrogen and oxygen atoms in total. The minimum absolute atomic E-state index is 0.134. The minimum Gasteiger partial charge on any atom is -0.307 e. The van der Waals surface area contributed by atoms with E-state index in [1.54, 1.807) is 18.3 Å². The van der Waals surface area contributed by atoms with Gasteiger partial charge in [-0.1, -0.05) is 0 Å². The van der Waals surface area contributed by atoms with Crippen LogP contribution in [0, 0.1) is 19.8 Å². The first-order valence-corrected chi connectivity index (χ1v) is 7.35. The van der Waals surface area contributed by atoms with Crippen LogP contribution in [-0.4, -0.2) is 20.7 Å². The summed E-state index contributed by atoms with van der Waals surface area (Å²) in [6.45, 7) is 5.94. The number of rotatable bonds is 4. The van der Waals surface area contributed by atoms with Crippen LogP contribution in [0.1, 0.15) is 47.6 Å². The van der Waals surface area contributed by atoms with Crippen LogP contribution in [0.25, 0.3) is 0 Å². The zero-order valence-corrected chi connectivity index (χ0v) is 12.6. The van der Waals surface area contributed by atoms with Gasteiger partial charge in [0.2, 0.25) is 0 Å². The molecule has 1 saturated carbocycles. The number of hydrogen-bond donors (Lipinski definition) is 1. The average Bonchev–Trinajstić information content (AvgIpc) is 3.23. The predicted molar refractivity (Wildman–Crippen MR) is 81.3 cm³/mol. The van der Waals surface area contributed by atoms with E-state index in [0.29, 0.717) is 17.5 Å². The highest BCUT2D eigenvalue weighted by atomic mass is 16.1. The van der Waals surface area contributed by atoms with Gasteiger partial charge >= 0.3 is 0 Å². The summed E-state index contributed by atoms with van der Waals surface area (Å²) in [4.78, 5) is 16.6. The normalized spacial score (nSPS) is 15.8. The van der Waals surface area contributed by atoms with Crippen molar-refractivity contribution in [1.29, 1.82) is 0 Å². The van der Waals surface area contributed by atoms with E-state index in [1.165, 1.54) is 12.8 Å². The van der Waals surface area contributed by atoms with Crippen molar-refractivity contribution in [3.63, 3.8) is 0 Å². The van der Waals surface area contributed by atoms with Crippen LogP contribution in [0.15, 0.2) is 24.4 Å². The second-order valence-corrected chi connectivity index (χ2v) is 5.78. The van der Waals surface area contributed by atoms with Crippen molar-refractivity contribution in [2.45, 2.75) is 39.7 Å². The first kappa shape index (κ1) is 13.8. The van der Waals surface area contributed by atoms with Crippen molar-refractivity contribution in [3.05, 3.63) is 41.3 Å². The Morgan fingerprint density at radius 1 is 1.43 bits per heavy atom. The van der Waals surface area contributed by atoms with E-state index in [0.717, 1.165) is 17.2 Å². The molecule has 1 atom stereocenters. The van der Waals surface area contributed by atoms with Gasteiger partial charge in [0, 0.05) is 18.0 Å². The van der Waals surface area contributed by atoms with Crippen molar-refractivity contribution in [3.8, 4) is 0 Å². The number of pyridine rings is 1. The number of carbonyl (C=O) groups excluding carboxylic acids is 1. The number of aryl methyl sites for hydroxylation is 2. The van der Waals surface area contributed by atoms with Crippen molar-refractivity contribution in [2.24, 2.45) is 5.92 Å². The lowest BCUT2D eigenvalue weighted by Gasteiger charge is -2.15. The number of carbonyl (C=O) groups is 1. The van der Waals surface area contributed by atoms with Crippen LogP contribution in [0.2, 0.25) is 0 Å². The van der Waals surface area contributed by atoms with Crippen LogP contribution in [-0.2, 0) is 0 Å². The molecule has 1 aliphatic rings. The molecule has 1 aliphatic carbocycles. The number of nitrogens with one attached hydrogen (secondary N) is 1. The summed E-state index contributed by atoms with van der Waals surface area (Å²) in [5.74, 6) is 1.31. The van der Waals surface area contributed by atoms with E-state index >= 15 is 0 Å². The van der Waals surface area contributed by atoms with E-state index in [4.69, 9.17) is 0 Å². The Bertz CT molecular complexity index is 673. The molecule has 3 rings (SSSR count). The smallest absolute Gasteiger partial charge is 0.258 e. The highest BCUT2D eigenvalue weighted by Crippen LogP contribution is 2.40. The monoisotopic (exact) mass is 284 g/mol. The highest BCUT2D eigenvalue weighted by molar-refractivity contribution is 6.04. The molecule has 2 aromatic rings. The number of hydrogen-bond acceptors (Lipinski definition) is 3. The topological polar surface area (TPSA) is 59.8 Å². The number of amides is 1. The fourth-order valence-corrected chi connectivity index (χ4v) is 2.61. The molecule has 110 valence electrons. The number of aromatic nitrogens is 3. The molecule has 0 aliphatic heterocycles. The van der Waals surface area contributed by atoms with E-state index in [-0.39, 0.29) is 5.91 Å². The van der Waals surface area contributed by atoms with Crippen LogP contribution in [0.4, 0.5) is 5.82 Å². The molecular weight excluding hydrogens is 264 g/mol. The predicted octanol–water partition coefficient (Wildman–Crippen LogP) is 3.12. The fraction of sp³-hybridized carbons (Fsp3) is 0.438. The van der Waals surface area contributed by atoms with E-state index < -0.39 is 0 Å². The zero-order chi connectivity index (χ0) is 15.0. The molecule has 1 fully saturated rings. The first-order chi connectivity index (χ1) is 10.1. The van der Waals surface area contributed by atoms with Crippen LogP contribution in [0.3, 0.4) is 0 Å². The summed E-state index contributed by atoms with van der Waals surface area (Å²) in [6.07, 6.45) is 4.18. The van der Waals surface area contributed by atoms with Gasteiger partial charge in [-0.15, -0.1) is 0 Å². The second kappa shape index (κ2) is 5.31. The lowest BCUT2D eigenvalue weighted by atomic mass is 10.2. The largest absolute Gasteiger partial charge is 0.307 e. The fourth-order valence-electron chi connectivity index (χ4n) is 2.61. The third-order valence-corrected chi connectivity index (χ3v) is 4.04. The van der Waals surface area contributed by atoms with Gasteiger partial charge in [-0.05, 0) is 51.7 Å². The lowest BCUT2D eigenvalue weighted by Crippen LogP contribution is -2.19. The molecule has 2 heterocycles. The van der Waals surface area contributed by atoms with Gasteiger partial charge in [-0.2, -0.15) is 5.10 Å².